The second kappa shape index (κ2) is 10.1. The number of piperazine rings is 1. The van der Waals surface area contributed by atoms with Crippen LogP contribution in [0.1, 0.15) is 28.8 Å². The number of rotatable bonds is 9. The minimum absolute atomic E-state index is 0.0147. The average Bonchev–Trinajstić information content (AvgIpc) is 3.66. The molecule has 2 aromatic rings. The molecule has 1 heterocycles. The lowest BCUT2D eigenvalue weighted by atomic mass is 10.1. The van der Waals surface area contributed by atoms with Crippen molar-refractivity contribution in [3.8, 4) is 11.5 Å². The Morgan fingerprint density at radius 3 is 2.30 bits per heavy atom. The van der Waals surface area contributed by atoms with Crippen LogP contribution in [-0.4, -0.2) is 77.1 Å². The fourth-order valence-corrected chi connectivity index (χ4v) is 5.44. The van der Waals surface area contributed by atoms with Crippen LogP contribution in [0.2, 0.25) is 0 Å². The van der Waals surface area contributed by atoms with E-state index in [4.69, 9.17) is 9.47 Å². The van der Waals surface area contributed by atoms with E-state index in [1.165, 1.54) is 18.7 Å². The second-order valence-electron chi connectivity index (χ2n) is 8.49. The molecule has 0 radical (unpaired) electrons. The van der Waals surface area contributed by atoms with Gasteiger partial charge >= 0.3 is 0 Å². The Kier molecular flexibility index (Phi) is 7.21. The maximum absolute atomic E-state index is 13.1. The maximum atomic E-state index is 13.1. The molecule has 1 N–H and O–H groups in total. The van der Waals surface area contributed by atoms with Crippen LogP contribution in [0.25, 0.3) is 0 Å². The van der Waals surface area contributed by atoms with E-state index in [0.29, 0.717) is 18.7 Å². The van der Waals surface area contributed by atoms with Crippen molar-refractivity contribution < 1.29 is 22.7 Å². The molecule has 1 saturated carbocycles. The Morgan fingerprint density at radius 2 is 1.70 bits per heavy atom. The molecule has 0 spiro atoms. The molecular formula is C24H31N3O5S. The van der Waals surface area contributed by atoms with Crippen molar-refractivity contribution in [3.05, 3.63) is 53.6 Å². The number of sulfonamides is 1. The van der Waals surface area contributed by atoms with Gasteiger partial charge in [-0.15, -0.1) is 0 Å². The zero-order chi connectivity index (χ0) is 23.4. The molecule has 178 valence electrons. The lowest BCUT2D eigenvalue weighted by Crippen LogP contribution is -2.49. The molecule has 2 aromatic carbocycles. The largest absolute Gasteiger partial charge is 0.497 e. The fourth-order valence-electron chi connectivity index (χ4n) is 3.94. The molecule has 8 nitrogen and oxygen atoms in total. The van der Waals surface area contributed by atoms with Crippen molar-refractivity contribution in [1.82, 2.24) is 14.5 Å². The maximum Gasteiger partial charge on any atom is 0.253 e. The van der Waals surface area contributed by atoms with Gasteiger partial charge in [0.2, 0.25) is 10.0 Å². The highest BCUT2D eigenvalue weighted by Gasteiger charge is 2.31. The summed E-state index contributed by atoms with van der Waals surface area (Å²) in [6.45, 7) is 3.71. The summed E-state index contributed by atoms with van der Waals surface area (Å²) in [4.78, 5) is 17.2. The van der Waals surface area contributed by atoms with Gasteiger partial charge in [-0.1, -0.05) is 12.1 Å². The second-order valence-corrected chi connectivity index (χ2v) is 10.2. The molecule has 33 heavy (non-hydrogen) atoms. The number of nitrogens with one attached hydrogen (secondary N) is 1. The zero-order valence-electron chi connectivity index (χ0n) is 19.1. The Bertz CT molecular complexity index is 1080. The summed E-state index contributed by atoms with van der Waals surface area (Å²) >= 11 is 0. The number of hydrogen-bond acceptors (Lipinski definition) is 6. The summed E-state index contributed by atoms with van der Waals surface area (Å²) in [6, 6.07) is 12.7. The normalized spacial score (nSPS) is 17.1. The number of carbonyl (C=O) groups is 1. The molecule has 1 saturated heterocycles. The van der Waals surface area contributed by atoms with Gasteiger partial charge in [0.25, 0.3) is 5.91 Å². The van der Waals surface area contributed by atoms with E-state index in [-0.39, 0.29) is 22.6 Å². The van der Waals surface area contributed by atoms with Crippen LogP contribution in [0, 0.1) is 0 Å². The molecule has 4 rings (SSSR count). The number of ether oxygens (including phenoxy) is 2. The first-order valence-corrected chi connectivity index (χ1v) is 12.7. The number of carbonyl (C=O) groups excluding carboxylic acids is 1. The molecule has 0 unspecified atom stereocenters. The molecular weight excluding hydrogens is 442 g/mol. The third-order valence-electron chi connectivity index (χ3n) is 6.13. The van der Waals surface area contributed by atoms with Crippen LogP contribution in [-0.2, 0) is 16.4 Å². The number of amides is 1. The quantitative estimate of drug-likeness (QED) is 0.601. The van der Waals surface area contributed by atoms with E-state index < -0.39 is 10.0 Å². The highest BCUT2D eigenvalue weighted by Crippen LogP contribution is 2.29. The van der Waals surface area contributed by atoms with E-state index in [1.807, 2.05) is 12.1 Å². The highest BCUT2D eigenvalue weighted by atomic mass is 32.2. The molecule has 1 aliphatic carbocycles. The van der Waals surface area contributed by atoms with Gasteiger partial charge in [-0.25, -0.2) is 13.1 Å². The fraction of sp³-hybridized carbons (Fsp3) is 0.458. The van der Waals surface area contributed by atoms with Gasteiger partial charge in [0, 0.05) is 44.3 Å². The van der Waals surface area contributed by atoms with Gasteiger partial charge in [-0.3, -0.25) is 9.69 Å². The van der Waals surface area contributed by atoms with Gasteiger partial charge in [0.05, 0.1) is 14.2 Å². The van der Waals surface area contributed by atoms with E-state index in [2.05, 4.69) is 21.8 Å². The molecule has 2 aliphatic rings. The van der Waals surface area contributed by atoms with E-state index in [9.17, 15) is 13.2 Å². The Balaban J connectivity index is 1.35. The van der Waals surface area contributed by atoms with Crippen molar-refractivity contribution in [2.45, 2.75) is 30.2 Å². The molecule has 9 heteroatoms. The van der Waals surface area contributed by atoms with Crippen LogP contribution in [0.3, 0.4) is 0 Å². The first kappa shape index (κ1) is 23.5. The topological polar surface area (TPSA) is 88.2 Å². The van der Waals surface area contributed by atoms with E-state index >= 15 is 0 Å². The summed E-state index contributed by atoms with van der Waals surface area (Å²) in [5.74, 6) is 0.932. The molecule has 2 fully saturated rings. The monoisotopic (exact) mass is 473 g/mol. The number of methoxy groups -OCH3 is 2. The smallest absolute Gasteiger partial charge is 0.253 e. The van der Waals surface area contributed by atoms with Gasteiger partial charge in [0.1, 0.15) is 16.4 Å². The highest BCUT2D eigenvalue weighted by molar-refractivity contribution is 7.89. The van der Waals surface area contributed by atoms with Crippen molar-refractivity contribution in [1.29, 1.82) is 0 Å². The van der Waals surface area contributed by atoms with Gasteiger partial charge in [-0.05, 0) is 55.2 Å². The summed E-state index contributed by atoms with van der Waals surface area (Å²) in [5.41, 5.74) is 1.61. The predicted molar refractivity (Wildman–Crippen MR) is 125 cm³/mol. The minimum Gasteiger partial charge on any atom is -0.497 e. The van der Waals surface area contributed by atoms with Crippen LogP contribution in [0.5, 0.6) is 11.5 Å². The van der Waals surface area contributed by atoms with Crippen LogP contribution in [0.4, 0.5) is 0 Å². The molecule has 1 amide bonds. The minimum atomic E-state index is -3.74. The molecule has 0 aromatic heterocycles. The van der Waals surface area contributed by atoms with Crippen molar-refractivity contribution in [3.63, 3.8) is 0 Å². The SMILES string of the molecule is COc1ccc(CCN2CCN(C(=O)c3ccc(OC)c(S(=O)(=O)NC4CC4)c3)CC2)cc1. The van der Waals surface area contributed by atoms with Gasteiger partial charge in [0.15, 0.2) is 0 Å². The number of nitrogens with zero attached hydrogens (tertiary/aromatic N) is 2. The van der Waals surface area contributed by atoms with Crippen molar-refractivity contribution >= 4 is 15.9 Å². The Labute approximate surface area is 195 Å². The summed E-state index contributed by atoms with van der Waals surface area (Å²) < 4.78 is 38.6. The van der Waals surface area contributed by atoms with E-state index in [0.717, 1.165) is 44.6 Å². The molecule has 1 aliphatic heterocycles. The predicted octanol–water partition coefficient (Wildman–Crippen LogP) is 2.15. The first-order chi connectivity index (χ1) is 15.9. The summed E-state index contributed by atoms with van der Waals surface area (Å²) in [7, 11) is -0.647. The van der Waals surface area contributed by atoms with Crippen LogP contribution >= 0.6 is 0 Å². The average molecular weight is 474 g/mol. The third kappa shape index (κ3) is 5.85. The van der Waals surface area contributed by atoms with Gasteiger partial charge in [-0.2, -0.15) is 0 Å². The first-order valence-electron chi connectivity index (χ1n) is 11.2. The molecule has 0 bridgehead atoms. The molecule has 0 atom stereocenters. The summed E-state index contributed by atoms with van der Waals surface area (Å²) in [6.07, 6.45) is 2.61. The Hall–Kier alpha value is -2.62. The van der Waals surface area contributed by atoms with Crippen LogP contribution in [0.15, 0.2) is 47.4 Å². The summed E-state index contributed by atoms with van der Waals surface area (Å²) in [5, 5.41) is 0. The standard InChI is InChI=1S/C24H31N3O5S/c1-31-21-8-3-18(4-9-21)11-12-26-13-15-27(16-14-26)24(28)19-5-10-22(32-2)23(17-19)33(29,30)25-20-6-7-20/h3-5,8-10,17,20,25H,6-7,11-16H2,1-2H3. The lowest BCUT2D eigenvalue weighted by Gasteiger charge is -2.35. The Morgan fingerprint density at radius 1 is 1.00 bits per heavy atom. The van der Waals surface area contributed by atoms with E-state index in [1.54, 1.807) is 24.1 Å². The van der Waals surface area contributed by atoms with Gasteiger partial charge < -0.3 is 14.4 Å². The third-order valence-corrected chi connectivity index (χ3v) is 7.68. The van der Waals surface area contributed by atoms with Crippen molar-refractivity contribution in [2.24, 2.45) is 0 Å². The number of benzene rings is 2. The lowest BCUT2D eigenvalue weighted by molar-refractivity contribution is 0.0638. The van der Waals surface area contributed by atoms with Crippen molar-refractivity contribution in [2.75, 3.05) is 46.9 Å². The van der Waals surface area contributed by atoms with Crippen LogP contribution < -0.4 is 14.2 Å². The number of hydrogen-bond donors (Lipinski definition) is 1. The zero-order valence-corrected chi connectivity index (χ0v) is 19.9.